The lowest BCUT2D eigenvalue weighted by Crippen LogP contribution is -2.64. The third kappa shape index (κ3) is 4.31. The van der Waals surface area contributed by atoms with Crippen LogP contribution in [0.3, 0.4) is 0 Å². The van der Waals surface area contributed by atoms with Crippen LogP contribution in [0, 0.1) is 0 Å². The normalized spacial score (nSPS) is 34.4. The van der Waals surface area contributed by atoms with Gasteiger partial charge in [0, 0.05) is 71.0 Å². The Kier molecular flexibility index (Phi) is 5.22. The molecule has 0 aromatic heterocycles. The van der Waals surface area contributed by atoms with E-state index in [0.717, 1.165) is 32.7 Å². The van der Waals surface area contributed by atoms with Crippen molar-refractivity contribution in [3.8, 4) is 0 Å². The van der Waals surface area contributed by atoms with E-state index >= 15 is 0 Å². The first-order chi connectivity index (χ1) is 11.3. The number of alkyl halides is 3. The van der Waals surface area contributed by atoms with Crippen LogP contribution < -0.4 is 5.32 Å². The van der Waals surface area contributed by atoms with Crippen LogP contribution in [0.25, 0.3) is 0 Å². The lowest BCUT2D eigenvalue weighted by molar-refractivity contribution is -0.153. The Bertz CT molecular complexity index is 453. The van der Waals surface area contributed by atoms with Crippen molar-refractivity contribution in [2.24, 2.45) is 0 Å². The van der Waals surface area contributed by atoms with Crippen molar-refractivity contribution >= 4 is 6.03 Å². The monoisotopic (exact) mass is 349 g/mol. The van der Waals surface area contributed by atoms with Gasteiger partial charge in [-0.25, -0.2) is 4.79 Å². The number of rotatable bonds is 3. The van der Waals surface area contributed by atoms with E-state index in [1.807, 2.05) is 0 Å². The van der Waals surface area contributed by atoms with Crippen molar-refractivity contribution in [3.05, 3.63) is 0 Å². The first-order valence-corrected chi connectivity index (χ1v) is 8.62. The van der Waals surface area contributed by atoms with Crippen LogP contribution >= 0.6 is 0 Å². The lowest BCUT2D eigenvalue weighted by Gasteiger charge is -2.47. The number of urea groups is 1. The minimum Gasteiger partial charge on any atom is -0.336 e. The standard InChI is InChI=1S/C15H26F3N5O/c1-12-9-22(6-7-23(12)11-15(16,17)18)14(24)19-8-13-10-20-2-4-21(13)5-3-20/h12-13H,2-11H2,1H3,(H,19,24)/t12-,13+/m0/s1. The molecule has 6 nitrogen and oxygen atoms in total. The number of amides is 2. The van der Waals surface area contributed by atoms with E-state index in [-0.39, 0.29) is 18.6 Å². The quantitative estimate of drug-likeness (QED) is 0.794. The second kappa shape index (κ2) is 7.05. The Labute approximate surface area is 140 Å². The van der Waals surface area contributed by atoms with E-state index < -0.39 is 12.7 Å². The highest BCUT2D eigenvalue weighted by Gasteiger charge is 2.36. The molecule has 4 aliphatic rings. The first kappa shape index (κ1) is 17.8. The zero-order chi connectivity index (χ0) is 17.3. The molecule has 0 saturated carbocycles. The molecule has 2 atom stereocenters. The molecule has 0 spiro atoms. The molecule has 4 aliphatic heterocycles. The zero-order valence-electron chi connectivity index (χ0n) is 14.1. The molecule has 24 heavy (non-hydrogen) atoms. The van der Waals surface area contributed by atoms with E-state index in [1.165, 1.54) is 4.90 Å². The summed E-state index contributed by atoms with van der Waals surface area (Å²) in [7, 11) is 0. The molecule has 4 rings (SSSR count). The summed E-state index contributed by atoms with van der Waals surface area (Å²) in [5, 5.41) is 2.97. The molecule has 9 heteroatoms. The highest BCUT2D eigenvalue weighted by Crippen LogP contribution is 2.20. The fraction of sp³-hybridized carbons (Fsp3) is 0.933. The molecule has 2 amide bonds. The number of hydrogen-bond donors (Lipinski definition) is 1. The molecule has 0 aromatic carbocycles. The summed E-state index contributed by atoms with van der Waals surface area (Å²) < 4.78 is 37.6. The van der Waals surface area contributed by atoms with Gasteiger partial charge in [-0.3, -0.25) is 14.7 Å². The van der Waals surface area contributed by atoms with Crippen molar-refractivity contribution in [2.45, 2.75) is 25.2 Å². The molecular weight excluding hydrogens is 323 g/mol. The molecule has 2 bridgehead atoms. The van der Waals surface area contributed by atoms with Gasteiger partial charge in [-0.2, -0.15) is 13.2 Å². The van der Waals surface area contributed by atoms with Crippen LogP contribution in [0.1, 0.15) is 6.92 Å². The number of piperazine rings is 4. The van der Waals surface area contributed by atoms with Crippen LogP contribution in [-0.4, -0.2) is 109 Å². The van der Waals surface area contributed by atoms with Crippen molar-refractivity contribution in [1.29, 1.82) is 0 Å². The minimum absolute atomic E-state index is 0.161. The second-order valence-corrected chi connectivity index (χ2v) is 7.06. The summed E-state index contributed by atoms with van der Waals surface area (Å²) in [6, 6.07) is -0.0989. The van der Waals surface area contributed by atoms with Gasteiger partial charge in [0.2, 0.25) is 0 Å². The smallest absolute Gasteiger partial charge is 0.336 e. The van der Waals surface area contributed by atoms with Crippen molar-refractivity contribution < 1.29 is 18.0 Å². The number of fused-ring (bicyclic) bond motifs is 3. The number of nitrogens with zero attached hydrogens (tertiary/aromatic N) is 4. The molecule has 0 unspecified atom stereocenters. The predicted octanol–water partition coefficient (Wildman–Crippen LogP) is 0.264. The molecule has 4 saturated heterocycles. The number of nitrogens with one attached hydrogen (secondary N) is 1. The van der Waals surface area contributed by atoms with Gasteiger partial charge in [0.25, 0.3) is 0 Å². The number of carbonyl (C=O) groups is 1. The summed E-state index contributed by atoms with van der Waals surface area (Å²) in [5.41, 5.74) is 0. The molecule has 0 aliphatic carbocycles. The van der Waals surface area contributed by atoms with E-state index in [4.69, 9.17) is 0 Å². The summed E-state index contributed by atoms with van der Waals surface area (Å²) in [6.07, 6.45) is -4.19. The van der Waals surface area contributed by atoms with E-state index in [0.29, 0.717) is 25.7 Å². The Morgan fingerprint density at radius 1 is 1.08 bits per heavy atom. The third-order valence-electron chi connectivity index (χ3n) is 5.32. The topological polar surface area (TPSA) is 42.1 Å². The van der Waals surface area contributed by atoms with E-state index in [9.17, 15) is 18.0 Å². The molecule has 1 N–H and O–H groups in total. The van der Waals surface area contributed by atoms with Crippen LogP contribution in [0.2, 0.25) is 0 Å². The molecule has 4 fully saturated rings. The average Bonchev–Trinajstić information content (AvgIpc) is 2.54. The van der Waals surface area contributed by atoms with Crippen molar-refractivity contribution in [3.63, 3.8) is 0 Å². The lowest BCUT2D eigenvalue weighted by atomic mass is 10.1. The van der Waals surface area contributed by atoms with Gasteiger partial charge in [-0.1, -0.05) is 0 Å². The van der Waals surface area contributed by atoms with Gasteiger partial charge in [-0.05, 0) is 6.92 Å². The maximum absolute atomic E-state index is 12.5. The Balaban J connectivity index is 1.43. The summed E-state index contributed by atoms with van der Waals surface area (Å²) in [4.78, 5) is 20.2. The largest absolute Gasteiger partial charge is 0.401 e. The Morgan fingerprint density at radius 3 is 2.33 bits per heavy atom. The van der Waals surface area contributed by atoms with Gasteiger partial charge in [0.05, 0.1) is 6.54 Å². The van der Waals surface area contributed by atoms with Crippen LogP contribution in [0.4, 0.5) is 18.0 Å². The third-order valence-corrected chi connectivity index (χ3v) is 5.32. The second-order valence-electron chi connectivity index (χ2n) is 7.06. The predicted molar refractivity (Wildman–Crippen MR) is 83.9 cm³/mol. The first-order valence-electron chi connectivity index (χ1n) is 8.62. The summed E-state index contributed by atoms with van der Waals surface area (Å²) in [5.74, 6) is 0. The number of hydrogen-bond acceptors (Lipinski definition) is 4. The minimum atomic E-state index is -4.19. The molecule has 0 radical (unpaired) electrons. The highest BCUT2D eigenvalue weighted by atomic mass is 19.4. The molecule has 138 valence electrons. The van der Waals surface area contributed by atoms with E-state index in [2.05, 4.69) is 15.1 Å². The zero-order valence-corrected chi connectivity index (χ0v) is 14.1. The van der Waals surface area contributed by atoms with Crippen LogP contribution in [0.15, 0.2) is 0 Å². The van der Waals surface area contributed by atoms with Crippen molar-refractivity contribution in [2.75, 3.05) is 65.4 Å². The number of carbonyl (C=O) groups excluding carboxylic acids is 1. The van der Waals surface area contributed by atoms with Crippen LogP contribution in [-0.2, 0) is 0 Å². The van der Waals surface area contributed by atoms with Crippen LogP contribution in [0.5, 0.6) is 0 Å². The molecule has 0 aromatic rings. The molecular formula is C15H26F3N5O. The maximum atomic E-state index is 12.5. The summed E-state index contributed by atoms with van der Waals surface area (Å²) in [6.45, 7) is 7.66. The average molecular weight is 349 g/mol. The van der Waals surface area contributed by atoms with Gasteiger partial charge in [-0.15, -0.1) is 0 Å². The fourth-order valence-electron chi connectivity index (χ4n) is 3.88. The van der Waals surface area contributed by atoms with Gasteiger partial charge >= 0.3 is 12.2 Å². The fourth-order valence-corrected chi connectivity index (χ4v) is 3.88. The SMILES string of the molecule is C[C@H]1CN(C(=O)NC[C@@H]2CN3CCN2CC3)CCN1CC(F)(F)F. The van der Waals surface area contributed by atoms with Gasteiger partial charge in [0.1, 0.15) is 0 Å². The van der Waals surface area contributed by atoms with E-state index in [1.54, 1.807) is 11.8 Å². The highest BCUT2D eigenvalue weighted by molar-refractivity contribution is 5.74. The summed E-state index contributed by atoms with van der Waals surface area (Å²) >= 11 is 0. The molecule has 4 heterocycles. The van der Waals surface area contributed by atoms with Gasteiger partial charge in [0.15, 0.2) is 0 Å². The maximum Gasteiger partial charge on any atom is 0.401 e. The Hall–Kier alpha value is -1.06. The van der Waals surface area contributed by atoms with Crippen molar-refractivity contribution in [1.82, 2.24) is 24.9 Å². The van der Waals surface area contributed by atoms with Gasteiger partial charge < -0.3 is 10.2 Å². The number of halogens is 3. The Morgan fingerprint density at radius 2 is 1.79 bits per heavy atom.